The quantitative estimate of drug-likeness (QED) is 0.688. The number of amides is 1. The zero-order valence-corrected chi connectivity index (χ0v) is 17.9. The molecule has 1 amide bonds. The topological polar surface area (TPSA) is 58.6 Å². The van der Waals surface area contributed by atoms with Crippen LogP contribution < -0.4 is 9.64 Å². The first-order chi connectivity index (χ1) is 14.7. The molecule has 0 atom stereocenters. The van der Waals surface area contributed by atoms with Gasteiger partial charge in [-0.15, -0.1) is 10.2 Å². The summed E-state index contributed by atoms with van der Waals surface area (Å²) < 4.78 is 5.49. The van der Waals surface area contributed by atoms with E-state index in [4.69, 9.17) is 4.74 Å². The van der Waals surface area contributed by atoms with Crippen LogP contribution in [0, 0.1) is 5.92 Å². The fraction of sp³-hybridized carbons (Fsp3) is 0.542. The largest absolute Gasteiger partial charge is 0.494 e. The third-order valence-corrected chi connectivity index (χ3v) is 6.31. The Bertz CT molecular complexity index is 808. The maximum atomic E-state index is 12.5. The van der Waals surface area contributed by atoms with Crippen LogP contribution in [0.2, 0.25) is 0 Å². The van der Waals surface area contributed by atoms with Crippen molar-refractivity contribution in [3.63, 3.8) is 0 Å². The van der Waals surface area contributed by atoms with Crippen molar-refractivity contribution < 1.29 is 9.53 Å². The van der Waals surface area contributed by atoms with Gasteiger partial charge in [-0.05, 0) is 55.7 Å². The van der Waals surface area contributed by atoms with Crippen molar-refractivity contribution in [3.8, 4) is 17.0 Å². The van der Waals surface area contributed by atoms with E-state index >= 15 is 0 Å². The fourth-order valence-corrected chi connectivity index (χ4v) is 4.51. The normalized spacial score (nSPS) is 17.4. The molecule has 160 valence electrons. The van der Waals surface area contributed by atoms with Crippen LogP contribution in [0.1, 0.15) is 45.4 Å². The second-order valence-corrected chi connectivity index (χ2v) is 8.29. The molecule has 1 aliphatic carbocycles. The molecule has 1 aliphatic heterocycles. The van der Waals surface area contributed by atoms with E-state index in [9.17, 15) is 4.79 Å². The average Bonchev–Trinajstić information content (AvgIpc) is 3.32. The highest BCUT2D eigenvalue weighted by atomic mass is 16.5. The number of carbonyl (C=O) groups is 1. The summed E-state index contributed by atoms with van der Waals surface area (Å²) in [4.78, 5) is 16.8. The molecule has 6 nitrogen and oxygen atoms in total. The van der Waals surface area contributed by atoms with E-state index in [1.54, 1.807) is 0 Å². The first-order valence-corrected chi connectivity index (χ1v) is 11.3. The monoisotopic (exact) mass is 408 g/mol. The molecule has 0 unspecified atom stereocenters. The van der Waals surface area contributed by atoms with Crippen LogP contribution >= 0.6 is 0 Å². The smallest absolute Gasteiger partial charge is 0.222 e. The number of rotatable bonds is 7. The van der Waals surface area contributed by atoms with Crippen molar-refractivity contribution in [2.45, 2.75) is 45.4 Å². The molecule has 0 spiro atoms. The van der Waals surface area contributed by atoms with Crippen molar-refractivity contribution in [1.29, 1.82) is 0 Å². The predicted molar refractivity (Wildman–Crippen MR) is 119 cm³/mol. The molecule has 2 heterocycles. The van der Waals surface area contributed by atoms with Gasteiger partial charge in [-0.1, -0.05) is 25.7 Å². The number of benzene rings is 1. The van der Waals surface area contributed by atoms with E-state index in [2.05, 4.69) is 15.1 Å². The fourth-order valence-electron chi connectivity index (χ4n) is 4.51. The van der Waals surface area contributed by atoms with E-state index in [0.717, 1.165) is 61.3 Å². The third kappa shape index (κ3) is 5.10. The van der Waals surface area contributed by atoms with E-state index in [-0.39, 0.29) is 0 Å². The van der Waals surface area contributed by atoms with Crippen molar-refractivity contribution in [2.75, 3.05) is 37.7 Å². The molecule has 30 heavy (non-hydrogen) atoms. The van der Waals surface area contributed by atoms with E-state index in [1.807, 2.05) is 48.2 Å². The number of aromatic nitrogens is 2. The summed E-state index contributed by atoms with van der Waals surface area (Å²) >= 11 is 0. The Morgan fingerprint density at radius 1 is 1.00 bits per heavy atom. The Morgan fingerprint density at radius 2 is 1.73 bits per heavy atom. The lowest BCUT2D eigenvalue weighted by atomic mass is 10.0. The standard InChI is InChI=1S/C24H32N4O2/c1-2-30-21-10-8-20(9-11-21)22-12-13-23(26-25-22)27-15-17-28(18-16-27)24(29)14-7-19-5-3-4-6-19/h8-13,19H,2-7,14-18H2,1H3. The molecule has 2 fully saturated rings. The van der Waals surface area contributed by atoms with E-state index in [0.29, 0.717) is 18.9 Å². The minimum absolute atomic E-state index is 0.318. The summed E-state index contributed by atoms with van der Waals surface area (Å²) in [5.74, 6) is 2.84. The first kappa shape index (κ1) is 20.6. The highest BCUT2D eigenvalue weighted by Gasteiger charge is 2.23. The van der Waals surface area contributed by atoms with Crippen LogP contribution in [-0.4, -0.2) is 53.8 Å². The molecule has 0 radical (unpaired) electrons. The van der Waals surface area contributed by atoms with Crippen molar-refractivity contribution in [2.24, 2.45) is 5.92 Å². The van der Waals surface area contributed by atoms with Gasteiger partial charge in [-0.25, -0.2) is 0 Å². The molecule has 4 rings (SSSR count). The molecular weight excluding hydrogens is 376 g/mol. The first-order valence-electron chi connectivity index (χ1n) is 11.3. The number of hydrogen-bond acceptors (Lipinski definition) is 5. The van der Waals surface area contributed by atoms with Gasteiger partial charge in [0.25, 0.3) is 0 Å². The Hall–Kier alpha value is -2.63. The zero-order chi connectivity index (χ0) is 20.8. The van der Waals surface area contributed by atoms with Crippen LogP contribution in [0.4, 0.5) is 5.82 Å². The maximum absolute atomic E-state index is 12.5. The van der Waals surface area contributed by atoms with E-state index < -0.39 is 0 Å². The summed E-state index contributed by atoms with van der Waals surface area (Å²) in [6, 6.07) is 12.0. The summed E-state index contributed by atoms with van der Waals surface area (Å²) in [7, 11) is 0. The number of hydrogen-bond donors (Lipinski definition) is 0. The lowest BCUT2D eigenvalue weighted by Crippen LogP contribution is -2.49. The summed E-state index contributed by atoms with van der Waals surface area (Å²) in [6.07, 6.45) is 7.09. The van der Waals surface area contributed by atoms with Crippen LogP contribution in [0.15, 0.2) is 36.4 Å². The molecule has 1 saturated carbocycles. The number of anilines is 1. The van der Waals surface area contributed by atoms with Gasteiger partial charge in [-0.2, -0.15) is 0 Å². The van der Waals surface area contributed by atoms with E-state index in [1.165, 1.54) is 25.7 Å². The van der Waals surface area contributed by atoms with Gasteiger partial charge in [0.15, 0.2) is 5.82 Å². The van der Waals surface area contributed by atoms with Crippen LogP contribution in [-0.2, 0) is 4.79 Å². The average molecular weight is 409 g/mol. The summed E-state index contributed by atoms with van der Waals surface area (Å²) in [6.45, 7) is 5.80. The zero-order valence-electron chi connectivity index (χ0n) is 17.9. The Kier molecular flexibility index (Phi) is 6.82. The molecule has 0 bridgehead atoms. The highest BCUT2D eigenvalue weighted by Crippen LogP contribution is 2.29. The van der Waals surface area contributed by atoms with Crippen LogP contribution in [0.3, 0.4) is 0 Å². The maximum Gasteiger partial charge on any atom is 0.222 e. The van der Waals surface area contributed by atoms with Gasteiger partial charge in [-0.3, -0.25) is 4.79 Å². The minimum atomic E-state index is 0.318. The molecule has 6 heteroatoms. The molecular formula is C24H32N4O2. The molecule has 1 saturated heterocycles. The van der Waals surface area contributed by atoms with Gasteiger partial charge in [0.05, 0.1) is 12.3 Å². The summed E-state index contributed by atoms with van der Waals surface area (Å²) in [5.41, 5.74) is 1.87. The third-order valence-electron chi connectivity index (χ3n) is 6.31. The lowest BCUT2D eigenvalue weighted by molar-refractivity contribution is -0.131. The summed E-state index contributed by atoms with van der Waals surface area (Å²) in [5, 5.41) is 8.85. The van der Waals surface area contributed by atoms with Crippen LogP contribution in [0.5, 0.6) is 5.75 Å². The molecule has 0 N–H and O–H groups in total. The van der Waals surface area contributed by atoms with Gasteiger partial charge in [0, 0.05) is 38.2 Å². The second kappa shape index (κ2) is 9.92. The Morgan fingerprint density at radius 3 is 2.37 bits per heavy atom. The molecule has 1 aromatic heterocycles. The minimum Gasteiger partial charge on any atom is -0.494 e. The van der Waals surface area contributed by atoms with Crippen molar-refractivity contribution >= 4 is 11.7 Å². The number of ether oxygens (including phenoxy) is 1. The molecule has 2 aliphatic rings. The van der Waals surface area contributed by atoms with Gasteiger partial charge in [0.1, 0.15) is 5.75 Å². The number of nitrogens with zero attached hydrogens (tertiary/aromatic N) is 4. The Balaban J connectivity index is 1.27. The lowest BCUT2D eigenvalue weighted by Gasteiger charge is -2.35. The Labute approximate surface area is 179 Å². The molecule has 1 aromatic carbocycles. The van der Waals surface area contributed by atoms with Gasteiger partial charge < -0.3 is 14.5 Å². The second-order valence-electron chi connectivity index (χ2n) is 8.29. The predicted octanol–water partition coefficient (Wildman–Crippen LogP) is 4.16. The molecule has 2 aromatic rings. The van der Waals surface area contributed by atoms with Crippen molar-refractivity contribution in [1.82, 2.24) is 15.1 Å². The highest BCUT2D eigenvalue weighted by molar-refractivity contribution is 5.76. The number of carbonyl (C=O) groups excluding carboxylic acids is 1. The van der Waals surface area contributed by atoms with Gasteiger partial charge in [0.2, 0.25) is 5.91 Å². The van der Waals surface area contributed by atoms with Crippen molar-refractivity contribution in [3.05, 3.63) is 36.4 Å². The van der Waals surface area contributed by atoms with Crippen LogP contribution in [0.25, 0.3) is 11.3 Å². The number of piperazine rings is 1. The van der Waals surface area contributed by atoms with Gasteiger partial charge >= 0.3 is 0 Å². The SMILES string of the molecule is CCOc1ccc(-c2ccc(N3CCN(C(=O)CCC4CCCC4)CC3)nn2)cc1.